The van der Waals surface area contributed by atoms with E-state index in [9.17, 15) is 4.39 Å². The second-order valence-corrected chi connectivity index (χ2v) is 17.7. The van der Waals surface area contributed by atoms with Gasteiger partial charge in [0.25, 0.3) is 0 Å². The Kier molecular flexibility index (Phi) is 5.68. The molecule has 2 heterocycles. The Hall–Kier alpha value is -2.98. The van der Waals surface area contributed by atoms with Crippen LogP contribution in [0.5, 0.6) is 0 Å². The fourth-order valence-corrected chi connectivity index (χ4v) is 7.12. The van der Waals surface area contributed by atoms with Gasteiger partial charge in [0, 0.05) is 34.4 Å². The monoisotopic (exact) mass is 498 g/mol. The zero-order chi connectivity index (χ0) is 26.2. The van der Waals surface area contributed by atoms with Crippen molar-refractivity contribution < 1.29 is 13.4 Å². The van der Waals surface area contributed by atoms with E-state index in [4.69, 9.17) is 4.42 Å². The number of hydrogen-bond donors (Lipinski definition) is 0. The maximum Gasteiger partial charge on any atom is 0.216 e. The summed E-state index contributed by atoms with van der Waals surface area (Å²) < 4.78 is 22.8. The summed E-state index contributed by atoms with van der Waals surface area (Å²) in [6.45, 7) is 18.4. The first kappa shape index (κ1) is 24.7. The molecule has 0 bridgehead atoms. The summed E-state index contributed by atoms with van der Waals surface area (Å²) >= 11 is 0. The van der Waals surface area contributed by atoms with Crippen LogP contribution in [0.3, 0.4) is 0 Å². The summed E-state index contributed by atoms with van der Waals surface area (Å²) in [5, 5.41) is 4.78. The van der Waals surface area contributed by atoms with Crippen LogP contribution in [0.15, 0.2) is 52.9 Å². The highest BCUT2D eigenvalue weighted by Crippen LogP contribution is 2.39. The summed E-state index contributed by atoms with van der Waals surface area (Å²) in [6.07, 6.45) is 1.03. The standard InChI is InChI=1S/C32H37FNOSi/c1-19-14-25-23-13-11-22(33)16-28(23)35-31(25)30(20(19)2)27-17-29(36(7,8)9)24-12-10-21(18-32(3,4)5)15-26(24)34(27)6/h10-17H,18H2,1-9H3/q+1. The normalized spacial score (nSPS) is 12.8. The highest BCUT2D eigenvalue weighted by molar-refractivity contribution is 6.90. The first-order valence-corrected chi connectivity index (χ1v) is 16.3. The molecule has 0 spiro atoms. The van der Waals surface area contributed by atoms with Crippen LogP contribution in [0.4, 0.5) is 4.39 Å². The predicted molar refractivity (Wildman–Crippen MR) is 153 cm³/mol. The molecule has 186 valence electrons. The highest BCUT2D eigenvalue weighted by atomic mass is 28.3. The average molecular weight is 499 g/mol. The van der Waals surface area contributed by atoms with Gasteiger partial charge in [0.15, 0.2) is 0 Å². The van der Waals surface area contributed by atoms with Gasteiger partial charge in [-0.1, -0.05) is 46.5 Å². The van der Waals surface area contributed by atoms with Gasteiger partial charge in [0.05, 0.1) is 13.6 Å². The summed E-state index contributed by atoms with van der Waals surface area (Å²) in [5.41, 5.74) is 8.92. The number of nitrogens with zero attached hydrogens (tertiary/aromatic N) is 1. The number of pyridine rings is 1. The SMILES string of the molecule is Cc1cc2c(oc3cc(F)ccc32)c(-c2cc([Si](C)(C)C)c3ccc(CC(C)(C)C)cc3[n+]2C)c1C. The molecule has 0 aliphatic rings. The molecule has 0 aliphatic heterocycles. The second kappa shape index (κ2) is 8.27. The summed E-state index contributed by atoms with van der Waals surface area (Å²) in [4.78, 5) is 0. The van der Waals surface area contributed by atoms with Crippen LogP contribution in [0.25, 0.3) is 44.1 Å². The van der Waals surface area contributed by atoms with Crippen LogP contribution < -0.4 is 9.75 Å². The Balaban J connectivity index is 1.91. The van der Waals surface area contributed by atoms with Gasteiger partial charge in [0.2, 0.25) is 11.2 Å². The maximum absolute atomic E-state index is 14.1. The van der Waals surface area contributed by atoms with Crippen LogP contribution in [0.2, 0.25) is 19.6 Å². The number of benzene rings is 3. The molecule has 0 radical (unpaired) electrons. The van der Waals surface area contributed by atoms with Crippen molar-refractivity contribution in [1.82, 2.24) is 0 Å². The molecule has 0 unspecified atom stereocenters. The van der Waals surface area contributed by atoms with E-state index in [-0.39, 0.29) is 11.2 Å². The third-order valence-corrected chi connectivity index (χ3v) is 9.43. The number of furan rings is 1. The molecule has 5 aromatic rings. The molecule has 5 rings (SSSR count). The lowest BCUT2D eigenvalue weighted by atomic mass is 9.88. The van der Waals surface area contributed by atoms with E-state index in [0.29, 0.717) is 5.58 Å². The fourth-order valence-electron chi connectivity index (χ4n) is 5.53. The number of halogens is 1. The molecule has 0 N–H and O–H groups in total. The van der Waals surface area contributed by atoms with Crippen molar-refractivity contribution in [1.29, 1.82) is 0 Å². The lowest BCUT2D eigenvalue weighted by Crippen LogP contribution is -2.43. The van der Waals surface area contributed by atoms with Gasteiger partial charge in [-0.3, -0.25) is 0 Å². The Labute approximate surface area is 214 Å². The molecular weight excluding hydrogens is 461 g/mol. The molecule has 0 aliphatic carbocycles. The highest BCUT2D eigenvalue weighted by Gasteiger charge is 2.29. The molecule has 4 heteroatoms. The van der Waals surface area contributed by atoms with E-state index in [1.165, 1.54) is 44.9 Å². The largest absolute Gasteiger partial charge is 0.455 e. The van der Waals surface area contributed by atoms with Crippen LogP contribution >= 0.6 is 0 Å². The van der Waals surface area contributed by atoms with Crippen molar-refractivity contribution >= 4 is 46.1 Å². The lowest BCUT2D eigenvalue weighted by Gasteiger charge is -2.22. The molecule has 0 saturated heterocycles. The Morgan fingerprint density at radius 2 is 1.58 bits per heavy atom. The van der Waals surface area contributed by atoms with Gasteiger partial charge in [0.1, 0.15) is 24.0 Å². The van der Waals surface area contributed by atoms with Crippen LogP contribution in [0.1, 0.15) is 37.5 Å². The van der Waals surface area contributed by atoms with E-state index in [1.807, 2.05) is 6.07 Å². The molecule has 3 aromatic carbocycles. The van der Waals surface area contributed by atoms with Crippen LogP contribution in [-0.4, -0.2) is 8.07 Å². The van der Waals surface area contributed by atoms with E-state index in [2.05, 4.69) is 96.2 Å². The number of aryl methyl sites for hydroxylation is 2. The van der Waals surface area contributed by atoms with Gasteiger partial charge in [-0.25, -0.2) is 4.39 Å². The van der Waals surface area contributed by atoms with E-state index < -0.39 is 8.07 Å². The van der Waals surface area contributed by atoms with Gasteiger partial charge in [-0.05, 0) is 71.8 Å². The quantitative estimate of drug-likeness (QED) is 0.181. The number of rotatable bonds is 3. The molecule has 0 amide bonds. The minimum Gasteiger partial charge on any atom is -0.455 e. The molecule has 36 heavy (non-hydrogen) atoms. The Bertz CT molecular complexity index is 1660. The number of fused-ring (bicyclic) bond motifs is 4. The van der Waals surface area contributed by atoms with Crippen molar-refractivity contribution in [2.45, 2.75) is 60.7 Å². The smallest absolute Gasteiger partial charge is 0.216 e. The lowest BCUT2D eigenvalue weighted by molar-refractivity contribution is -0.633. The first-order valence-electron chi connectivity index (χ1n) is 12.8. The third kappa shape index (κ3) is 4.15. The van der Waals surface area contributed by atoms with Crippen LogP contribution in [0, 0.1) is 25.1 Å². The molecule has 2 nitrogen and oxygen atoms in total. The summed E-state index contributed by atoms with van der Waals surface area (Å²) in [5.74, 6) is -0.278. The van der Waals surface area contributed by atoms with Crippen LogP contribution in [-0.2, 0) is 13.5 Å². The zero-order valence-electron chi connectivity index (χ0n) is 23.1. The van der Waals surface area contributed by atoms with Crippen molar-refractivity contribution in [2.75, 3.05) is 0 Å². The molecule has 2 aromatic heterocycles. The van der Waals surface area contributed by atoms with Gasteiger partial charge in [-0.2, -0.15) is 4.57 Å². The van der Waals surface area contributed by atoms with Gasteiger partial charge < -0.3 is 4.42 Å². The van der Waals surface area contributed by atoms with E-state index in [1.54, 1.807) is 0 Å². The first-order chi connectivity index (χ1) is 16.7. The fraction of sp³-hybridized carbons (Fsp3) is 0.344. The molecule has 0 fully saturated rings. The molecular formula is C32H37FNOSi+. The van der Waals surface area contributed by atoms with Crippen molar-refractivity contribution in [3.63, 3.8) is 0 Å². The van der Waals surface area contributed by atoms with E-state index in [0.717, 1.165) is 34.0 Å². The maximum atomic E-state index is 14.1. The Morgan fingerprint density at radius 1 is 0.889 bits per heavy atom. The molecule has 0 atom stereocenters. The number of hydrogen-bond acceptors (Lipinski definition) is 1. The predicted octanol–water partition coefficient (Wildman–Crippen LogP) is 8.12. The molecule has 0 saturated carbocycles. The Morgan fingerprint density at radius 3 is 2.25 bits per heavy atom. The second-order valence-electron chi connectivity index (χ2n) is 12.7. The minimum atomic E-state index is -1.68. The zero-order valence-corrected chi connectivity index (χ0v) is 24.1. The van der Waals surface area contributed by atoms with Crippen molar-refractivity contribution in [3.8, 4) is 11.3 Å². The third-order valence-electron chi connectivity index (χ3n) is 7.40. The summed E-state index contributed by atoms with van der Waals surface area (Å²) in [6, 6.07) is 16.4. The summed E-state index contributed by atoms with van der Waals surface area (Å²) in [7, 11) is 0.489. The topological polar surface area (TPSA) is 17.0 Å². The van der Waals surface area contributed by atoms with Gasteiger partial charge >= 0.3 is 0 Å². The van der Waals surface area contributed by atoms with Crippen molar-refractivity contribution in [3.05, 3.63) is 71.0 Å². The van der Waals surface area contributed by atoms with E-state index >= 15 is 0 Å². The van der Waals surface area contributed by atoms with Gasteiger partial charge in [-0.15, -0.1) is 0 Å². The van der Waals surface area contributed by atoms with Crippen molar-refractivity contribution in [2.24, 2.45) is 12.5 Å². The average Bonchev–Trinajstić information content (AvgIpc) is 3.10. The number of aromatic nitrogens is 1. The minimum absolute atomic E-state index is 0.217.